The van der Waals surface area contributed by atoms with E-state index in [0.717, 1.165) is 34.3 Å². The molecular formula is C14H24N4NiS4. The molecule has 0 aromatic carbocycles. The zero-order valence-corrected chi connectivity index (χ0v) is 17.9. The maximum Gasteiger partial charge on any atom is 0.174 e. The molecule has 0 aromatic rings. The predicted octanol–water partition coefficient (Wildman–Crippen LogP) is 4.04. The summed E-state index contributed by atoms with van der Waals surface area (Å²) < 4.78 is 1.48. The number of thioether (sulfide) groups is 2. The van der Waals surface area contributed by atoms with Crippen LogP contribution in [0.2, 0.25) is 0 Å². The van der Waals surface area contributed by atoms with Gasteiger partial charge in [0.1, 0.15) is 0 Å². The van der Waals surface area contributed by atoms with Crippen LogP contribution in [-0.2, 0) is 40.9 Å². The van der Waals surface area contributed by atoms with Crippen molar-refractivity contribution >= 4 is 68.0 Å². The van der Waals surface area contributed by atoms with Gasteiger partial charge in [-0.05, 0) is 75.3 Å². The minimum absolute atomic E-state index is 0. The fourth-order valence-electron chi connectivity index (χ4n) is 2.07. The first-order valence-electron chi connectivity index (χ1n) is 7.38. The van der Waals surface area contributed by atoms with Gasteiger partial charge in [-0.25, -0.2) is 0 Å². The first kappa shape index (κ1) is 23.3. The van der Waals surface area contributed by atoms with E-state index in [0.29, 0.717) is 0 Å². The van der Waals surface area contributed by atoms with E-state index in [1.165, 1.54) is 60.6 Å². The quantitative estimate of drug-likeness (QED) is 0.216. The van der Waals surface area contributed by atoms with Gasteiger partial charge in [-0.15, -0.1) is 0 Å². The van der Waals surface area contributed by atoms with Crippen LogP contribution in [0.15, 0.2) is 10.2 Å². The van der Waals surface area contributed by atoms with Gasteiger partial charge in [0.15, 0.2) is 33.1 Å². The number of rotatable bonds is 2. The van der Waals surface area contributed by atoms with Gasteiger partial charge in [-0.1, -0.05) is 23.5 Å². The SMILES string of the molecule is CSC(=[SH+])[N-]N=C1CCCC1.CSC(=[SH+])[N-]N=C1CCCC1.[Ni]. The molecule has 4 nitrogen and oxygen atoms in total. The molecule has 0 bridgehead atoms. The monoisotopic (exact) mass is 434 g/mol. The summed E-state index contributed by atoms with van der Waals surface area (Å²) in [4.78, 5) is 0. The molecule has 9 heteroatoms. The van der Waals surface area contributed by atoms with E-state index in [1.807, 2.05) is 12.5 Å². The second kappa shape index (κ2) is 14.6. The first-order chi connectivity index (χ1) is 10.7. The largest absolute Gasteiger partial charge is 0.520 e. The van der Waals surface area contributed by atoms with Crippen LogP contribution < -0.4 is 0 Å². The molecular weight excluding hydrogens is 411 g/mol. The number of nitrogens with zero attached hydrogens (tertiary/aromatic N) is 4. The minimum atomic E-state index is 0. The van der Waals surface area contributed by atoms with Crippen LogP contribution in [0.3, 0.4) is 0 Å². The van der Waals surface area contributed by atoms with Gasteiger partial charge in [0.05, 0.1) is 0 Å². The van der Waals surface area contributed by atoms with Crippen LogP contribution in [-0.4, -0.2) is 32.6 Å². The van der Waals surface area contributed by atoms with E-state index in [1.54, 1.807) is 0 Å². The molecule has 0 spiro atoms. The van der Waals surface area contributed by atoms with Crippen LogP contribution in [0.25, 0.3) is 10.9 Å². The van der Waals surface area contributed by atoms with Gasteiger partial charge in [0, 0.05) is 16.5 Å². The normalized spacial score (nSPS) is 15.9. The van der Waals surface area contributed by atoms with Crippen LogP contribution in [0.5, 0.6) is 0 Å². The summed E-state index contributed by atoms with van der Waals surface area (Å²) >= 11 is 11.2. The zero-order valence-electron chi connectivity index (χ0n) is 13.5. The summed E-state index contributed by atoms with van der Waals surface area (Å²) in [5, 5.41) is 8.20. The van der Waals surface area contributed by atoms with E-state index in [-0.39, 0.29) is 16.5 Å². The second-order valence-electron chi connectivity index (χ2n) is 4.92. The Morgan fingerprint density at radius 1 is 0.783 bits per heavy atom. The second-order valence-corrected chi connectivity index (χ2v) is 7.96. The molecule has 2 saturated carbocycles. The fourth-order valence-corrected chi connectivity index (χ4v) is 2.41. The molecule has 2 rings (SSSR count). The van der Waals surface area contributed by atoms with E-state index in [9.17, 15) is 0 Å². The Morgan fingerprint density at radius 3 is 1.35 bits per heavy atom. The van der Waals surface area contributed by atoms with E-state index < -0.39 is 0 Å². The van der Waals surface area contributed by atoms with E-state index in [2.05, 4.69) is 45.5 Å². The van der Waals surface area contributed by atoms with Crippen molar-refractivity contribution in [3.05, 3.63) is 10.9 Å². The van der Waals surface area contributed by atoms with Crippen molar-refractivity contribution in [2.24, 2.45) is 10.2 Å². The van der Waals surface area contributed by atoms with Crippen LogP contribution >= 0.6 is 23.5 Å². The number of hydrogen-bond donors (Lipinski definition) is 0. The van der Waals surface area contributed by atoms with Crippen molar-refractivity contribution in [1.29, 1.82) is 0 Å². The molecule has 0 unspecified atom stereocenters. The van der Waals surface area contributed by atoms with Crippen LogP contribution in [0.1, 0.15) is 51.4 Å². The van der Waals surface area contributed by atoms with Gasteiger partial charge in [0.25, 0.3) is 0 Å². The molecule has 23 heavy (non-hydrogen) atoms. The van der Waals surface area contributed by atoms with Gasteiger partial charge < -0.3 is 21.1 Å². The van der Waals surface area contributed by atoms with Gasteiger partial charge in [-0.3, -0.25) is 0 Å². The summed E-state index contributed by atoms with van der Waals surface area (Å²) in [7, 11) is 0. The van der Waals surface area contributed by atoms with Crippen LogP contribution in [0, 0.1) is 0 Å². The molecule has 0 heterocycles. The molecule has 2 aliphatic carbocycles. The molecule has 0 N–H and O–H groups in total. The Hall–Kier alpha value is 0.314. The van der Waals surface area contributed by atoms with E-state index in [4.69, 9.17) is 0 Å². The average molecular weight is 435 g/mol. The molecule has 0 amide bonds. The molecule has 0 aliphatic heterocycles. The summed E-state index contributed by atoms with van der Waals surface area (Å²) in [6.07, 6.45) is 13.5. The van der Waals surface area contributed by atoms with Gasteiger partial charge in [-0.2, -0.15) is 0 Å². The molecule has 2 aliphatic rings. The third-order valence-electron chi connectivity index (χ3n) is 3.28. The van der Waals surface area contributed by atoms with Crippen LogP contribution in [0.4, 0.5) is 0 Å². The standard InChI is InChI=1S/2C7H12N2S2.Ni/c2*1-11-7(10)9-8-6-4-2-3-5-6;/h2*2-5H2,1H3,(H,9,10);. The van der Waals surface area contributed by atoms with Crippen molar-refractivity contribution in [3.8, 4) is 0 Å². The van der Waals surface area contributed by atoms with Gasteiger partial charge in [0.2, 0.25) is 0 Å². The molecule has 0 aromatic heterocycles. The zero-order chi connectivity index (χ0) is 16.2. The molecule has 2 fully saturated rings. The topological polar surface area (TPSA) is 52.9 Å². The number of thiol groups is 2. The Kier molecular flexibility index (Phi) is 14.8. The Morgan fingerprint density at radius 2 is 1.09 bits per heavy atom. The van der Waals surface area contributed by atoms with Gasteiger partial charge >= 0.3 is 0 Å². The van der Waals surface area contributed by atoms with Crippen molar-refractivity contribution in [2.75, 3.05) is 12.5 Å². The first-order valence-corrected chi connectivity index (χ1v) is 10.7. The summed E-state index contributed by atoms with van der Waals surface area (Å²) in [5.74, 6) is 0. The summed E-state index contributed by atoms with van der Waals surface area (Å²) in [6.45, 7) is 0. The third kappa shape index (κ3) is 11.5. The van der Waals surface area contributed by atoms with Crippen molar-refractivity contribution in [2.45, 2.75) is 51.4 Å². The number of hydrogen-bond acceptors (Lipinski definition) is 4. The molecule has 0 saturated heterocycles. The molecule has 0 radical (unpaired) electrons. The Labute approximate surface area is 168 Å². The van der Waals surface area contributed by atoms with E-state index >= 15 is 0 Å². The average Bonchev–Trinajstić information content (AvgIpc) is 3.24. The minimum Gasteiger partial charge on any atom is -0.520 e. The van der Waals surface area contributed by atoms with Crippen molar-refractivity contribution < 1.29 is 16.5 Å². The van der Waals surface area contributed by atoms with Crippen molar-refractivity contribution in [1.82, 2.24) is 0 Å². The smallest absolute Gasteiger partial charge is 0.174 e. The predicted molar refractivity (Wildman–Crippen MR) is 113 cm³/mol. The van der Waals surface area contributed by atoms with Crippen molar-refractivity contribution in [3.63, 3.8) is 0 Å². The maximum atomic E-state index is 4.11. The Balaban J connectivity index is 0.000000403. The molecule has 0 atom stereocenters. The summed E-state index contributed by atoms with van der Waals surface area (Å²) in [5.41, 5.74) is 10.4. The molecule has 134 valence electrons. The maximum absolute atomic E-state index is 4.11. The third-order valence-corrected chi connectivity index (χ3v) is 5.45. The summed E-state index contributed by atoms with van der Waals surface area (Å²) in [6, 6.07) is 0. The fraction of sp³-hybridized carbons (Fsp3) is 0.714. The Bertz CT molecular complexity index is 384.